The van der Waals surface area contributed by atoms with E-state index in [2.05, 4.69) is 5.32 Å². The van der Waals surface area contributed by atoms with Crippen molar-refractivity contribution in [2.75, 3.05) is 0 Å². The first-order valence-electron chi connectivity index (χ1n) is 4.72. The molecular weight excluding hydrogens is 182 g/mol. The Morgan fingerprint density at radius 3 is 2.29 bits per heavy atom. The van der Waals surface area contributed by atoms with Crippen LogP contribution in [0, 0.1) is 5.92 Å². The van der Waals surface area contributed by atoms with Crippen LogP contribution in [0.4, 0.5) is 0 Å². The van der Waals surface area contributed by atoms with Crippen molar-refractivity contribution in [2.24, 2.45) is 5.92 Å². The third kappa shape index (κ3) is 5.45. The van der Waals surface area contributed by atoms with Gasteiger partial charge in [0.15, 0.2) is 0 Å². The number of ketones is 1. The van der Waals surface area contributed by atoms with Gasteiger partial charge in [-0.2, -0.15) is 0 Å². The predicted octanol–water partition coefficient (Wildman–Crippen LogP) is 0.695. The number of hydrogen-bond acceptors (Lipinski definition) is 3. The second-order valence-electron chi connectivity index (χ2n) is 3.60. The maximum absolute atomic E-state index is 11.2. The lowest BCUT2D eigenvalue weighted by molar-refractivity contribution is -0.124. The van der Waals surface area contributed by atoms with Gasteiger partial charge in [-0.3, -0.25) is 9.59 Å². The van der Waals surface area contributed by atoms with E-state index in [1.807, 2.05) is 13.8 Å². The zero-order valence-corrected chi connectivity index (χ0v) is 8.87. The molecule has 4 nitrogen and oxygen atoms in total. The zero-order valence-electron chi connectivity index (χ0n) is 8.87. The fraction of sp³-hybridized carbons (Fsp3) is 0.700. The van der Waals surface area contributed by atoms with Crippen molar-refractivity contribution in [3.05, 3.63) is 0 Å². The van der Waals surface area contributed by atoms with Crippen LogP contribution < -0.4 is 5.32 Å². The molecule has 0 radical (unpaired) electrons. The minimum atomic E-state index is -0.532. The molecule has 0 aliphatic rings. The van der Waals surface area contributed by atoms with E-state index < -0.39 is 6.04 Å². The van der Waals surface area contributed by atoms with Gasteiger partial charge in [-0.1, -0.05) is 13.8 Å². The molecule has 0 saturated heterocycles. The van der Waals surface area contributed by atoms with Crippen molar-refractivity contribution < 1.29 is 14.4 Å². The summed E-state index contributed by atoms with van der Waals surface area (Å²) in [7, 11) is 0. The Morgan fingerprint density at radius 2 is 1.93 bits per heavy atom. The average molecular weight is 199 g/mol. The number of carbonyl (C=O) groups is 3. The van der Waals surface area contributed by atoms with E-state index in [0.717, 1.165) is 0 Å². The number of carbonyl (C=O) groups excluding carboxylic acids is 3. The third-order valence-electron chi connectivity index (χ3n) is 1.90. The Kier molecular flexibility index (Phi) is 5.76. The summed E-state index contributed by atoms with van der Waals surface area (Å²) in [4.78, 5) is 32.4. The summed E-state index contributed by atoms with van der Waals surface area (Å²) in [5.41, 5.74) is 0. The lowest BCUT2D eigenvalue weighted by atomic mass is 10.0. The van der Waals surface area contributed by atoms with E-state index in [1.165, 1.54) is 6.92 Å². The molecule has 0 aromatic heterocycles. The van der Waals surface area contributed by atoms with E-state index in [4.69, 9.17) is 0 Å². The second-order valence-corrected chi connectivity index (χ2v) is 3.60. The molecule has 0 aliphatic carbocycles. The summed E-state index contributed by atoms with van der Waals surface area (Å²) in [5, 5.41) is 2.46. The largest absolute Gasteiger partial charge is 0.347 e. The lowest BCUT2D eigenvalue weighted by Gasteiger charge is -2.11. The molecule has 0 fully saturated rings. The van der Waals surface area contributed by atoms with Crippen LogP contribution in [0.2, 0.25) is 0 Å². The molecule has 0 bridgehead atoms. The Morgan fingerprint density at radius 1 is 1.36 bits per heavy atom. The van der Waals surface area contributed by atoms with Gasteiger partial charge in [-0.15, -0.1) is 0 Å². The smallest absolute Gasteiger partial charge is 0.217 e. The average Bonchev–Trinajstić information content (AvgIpc) is 2.10. The maximum atomic E-state index is 11.2. The first-order chi connectivity index (χ1) is 6.47. The molecule has 0 heterocycles. The van der Waals surface area contributed by atoms with Gasteiger partial charge in [0.1, 0.15) is 12.1 Å². The van der Waals surface area contributed by atoms with Crippen molar-refractivity contribution in [1.82, 2.24) is 5.32 Å². The summed E-state index contributed by atoms with van der Waals surface area (Å²) < 4.78 is 0. The van der Waals surface area contributed by atoms with Gasteiger partial charge < -0.3 is 10.1 Å². The molecule has 14 heavy (non-hydrogen) atoms. The summed E-state index contributed by atoms with van der Waals surface area (Å²) in [6, 6.07) is -0.532. The fourth-order valence-electron chi connectivity index (χ4n) is 1.02. The molecule has 4 heteroatoms. The fourth-order valence-corrected chi connectivity index (χ4v) is 1.02. The Balaban J connectivity index is 3.89. The molecule has 0 rings (SSSR count). The molecule has 1 amide bonds. The summed E-state index contributed by atoms with van der Waals surface area (Å²) in [6.07, 6.45) is 1.39. The molecule has 80 valence electrons. The van der Waals surface area contributed by atoms with Crippen LogP contribution >= 0.6 is 0 Å². The van der Waals surface area contributed by atoms with Crippen molar-refractivity contribution in [2.45, 2.75) is 39.7 Å². The molecule has 0 aromatic rings. The van der Waals surface area contributed by atoms with Gasteiger partial charge >= 0.3 is 0 Å². The van der Waals surface area contributed by atoms with E-state index in [-0.39, 0.29) is 17.6 Å². The minimum absolute atomic E-state index is 0.0142. The van der Waals surface area contributed by atoms with E-state index in [1.54, 1.807) is 0 Å². The van der Waals surface area contributed by atoms with Crippen molar-refractivity contribution in [3.63, 3.8) is 0 Å². The Hall–Kier alpha value is -1.19. The number of Topliss-reactive ketones (excluding diaryl/α,β-unsaturated/α-hetero) is 1. The van der Waals surface area contributed by atoms with Gasteiger partial charge in [0.05, 0.1) is 6.04 Å². The van der Waals surface area contributed by atoms with Crippen LogP contribution in [-0.4, -0.2) is 24.0 Å². The highest BCUT2D eigenvalue weighted by atomic mass is 16.2. The number of nitrogens with one attached hydrogen (secondary N) is 1. The van der Waals surface area contributed by atoms with Crippen LogP contribution in [0.1, 0.15) is 33.6 Å². The van der Waals surface area contributed by atoms with Crippen LogP contribution in [0.3, 0.4) is 0 Å². The van der Waals surface area contributed by atoms with Gasteiger partial charge in [0, 0.05) is 19.3 Å². The predicted molar refractivity (Wildman–Crippen MR) is 52.7 cm³/mol. The van der Waals surface area contributed by atoms with Gasteiger partial charge in [0.25, 0.3) is 0 Å². The Bertz CT molecular complexity index is 223. The van der Waals surface area contributed by atoms with E-state index >= 15 is 0 Å². The number of amides is 1. The first-order valence-corrected chi connectivity index (χ1v) is 4.72. The second kappa shape index (κ2) is 6.29. The zero-order chi connectivity index (χ0) is 11.1. The summed E-state index contributed by atoms with van der Waals surface area (Å²) in [6.45, 7) is 4.98. The Labute approximate surface area is 84.1 Å². The molecule has 0 saturated carbocycles. The molecule has 0 spiro atoms. The molecule has 1 atom stereocenters. The van der Waals surface area contributed by atoms with E-state index in [9.17, 15) is 14.4 Å². The molecule has 0 aliphatic heterocycles. The SMILES string of the molecule is CC(=O)NC(C=O)CCC(=O)C(C)C. The number of aldehydes is 1. The summed E-state index contributed by atoms with van der Waals surface area (Å²) in [5.74, 6) is -0.152. The standard InChI is InChI=1S/C10H17NO3/c1-7(2)10(14)5-4-9(6-12)11-8(3)13/h6-7,9H,4-5H2,1-3H3,(H,11,13). The lowest BCUT2D eigenvalue weighted by Crippen LogP contribution is -2.34. The molecule has 1 N–H and O–H groups in total. The normalized spacial score (nSPS) is 12.3. The number of rotatable bonds is 6. The quantitative estimate of drug-likeness (QED) is 0.640. The maximum Gasteiger partial charge on any atom is 0.217 e. The molecule has 0 aromatic carbocycles. The van der Waals surface area contributed by atoms with Crippen LogP contribution in [0.5, 0.6) is 0 Å². The highest BCUT2D eigenvalue weighted by Gasteiger charge is 2.12. The first kappa shape index (κ1) is 12.8. The van der Waals surface area contributed by atoms with Crippen LogP contribution in [0.15, 0.2) is 0 Å². The van der Waals surface area contributed by atoms with Crippen LogP contribution in [0.25, 0.3) is 0 Å². The number of hydrogen-bond donors (Lipinski definition) is 1. The van der Waals surface area contributed by atoms with Gasteiger partial charge in [0.2, 0.25) is 5.91 Å². The highest BCUT2D eigenvalue weighted by molar-refractivity contribution is 5.81. The van der Waals surface area contributed by atoms with Gasteiger partial charge in [-0.25, -0.2) is 0 Å². The van der Waals surface area contributed by atoms with Crippen LogP contribution in [-0.2, 0) is 14.4 Å². The molecular formula is C10H17NO3. The topological polar surface area (TPSA) is 63.2 Å². The third-order valence-corrected chi connectivity index (χ3v) is 1.90. The van der Waals surface area contributed by atoms with Crippen molar-refractivity contribution in [3.8, 4) is 0 Å². The minimum Gasteiger partial charge on any atom is -0.347 e. The summed E-state index contributed by atoms with van der Waals surface area (Å²) >= 11 is 0. The highest BCUT2D eigenvalue weighted by Crippen LogP contribution is 2.03. The van der Waals surface area contributed by atoms with E-state index in [0.29, 0.717) is 19.1 Å². The molecule has 1 unspecified atom stereocenters. The van der Waals surface area contributed by atoms with Crippen molar-refractivity contribution in [1.29, 1.82) is 0 Å². The van der Waals surface area contributed by atoms with Crippen molar-refractivity contribution >= 4 is 18.0 Å². The van der Waals surface area contributed by atoms with Gasteiger partial charge in [-0.05, 0) is 6.42 Å². The monoisotopic (exact) mass is 199 g/mol.